The molecule has 0 aliphatic heterocycles. The van der Waals surface area contributed by atoms with E-state index in [1.165, 1.54) is 36.4 Å². The van der Waals surface area contributed by atoms with Crippen molar-refractivity contribution >= 4 is 40.3 Å². The number of nitrogen functional groups attached to an aromatic ring is 1. The summed E-state index contributed by atoms with van der Waals surface area (Å²) in [7, 11) is 0. The average molecular weight is 450 g/mol. The fourth-order valence-electron chi connectivity index (χ4n) is 2.50. The van der Waals surface area contributed by atoms with Crippen LogP contribution in [0.2, 0.25) is 0 Å². The van der Waals surface area contributed by atoms with Gasteiger partial charge in [0.15, 0.2) is 0 Å². The second-order valence-electron chi connectivity index (χ2n) is 6.38. The number of carbonyl (C=O) groups excluding carboxylic acids is 2. The molecule has 13 heteroatoms. The van der Waals surface area contributed by atoms with Gasteiger partial charge >= 0.3 is 5.97 Å². The number of nitro groups is 2. The Morgan fingerprint density at radius 3 is 2.18 bits per heavy atom. The smallest absolute Gasteiger partial charge is 0.369 e. The fraction of sp³-hybridized carbons (Fsp3) is 0. The first-order valence-corrected chi connectivity index (χ1v) is 9.06. The van der Waals surface area contributed by atoms with Crippen LogP contribution in [0.4, 0.5) is 28.4 Å². The van der Waals surface area contributed by atoms with Crippen LogP contribution in [0.25, 0.3) is 0 Å². The van der Waals surface area contributed by atoms with Crippen molar-refractivity contribution in [2.45, 2.75) is 0 Å². The Balaban J connectivity index is 1.63. The number of anilines is 2. The van der Waals surface area contributed by atoms with E-state index in [4.69, 9.17) is 10.6 Å². The molecule has 0 aliphatic rings. The molecule has 0 radical (unpaired) electrons. The summed E-state index contributed by atoms with van der Waals surface area (Å²) in [6, 6.07) is 14.6. The standard InChI is InChI=1S/C20H14N6O7/c21-13-3-1-12(2-4-13)19(27)23-22-14-5-7-15(8-6-14)24-33-20(28)17-10-9-16(25(29)30)11-18(17)26(31)32/h1-11,24H,21H2. The van der Waals surface area contributed by atoms with Crippen molar-refractivity contribution in [1.29, 1.82) is 0 Å². The summed E-state index contributed by atoms with van der Waals surface area (Å²) in [6.07, 6.45) is 0. The predicted molar refractivity (Wildman–Crippen MR) is 115 cm³/mol. The summed E-state index contributed by atoms with van der Waals surface area (Å²) in [4.78, 5) is 49.2. The molecule has 0 atom stereocenters. The monoisotopic (exact) mass is 450 g/mol. The van der Waals surface area contributed by atoms with Gasteiger partial charge in [-0.25, -0.2) is 10.3 Å². The molecule has 1 amide bonds. The molecule has 13 nitrogen and oxygen atoms in total. The molecule has 0 aliphatic carbocycles. The number of nitrogens with one attached hydrogen (secondary N) is 1. The van der Waals surface area contributed by atoms with E-state index in [2.05, 4.69) is 15.7 Å². The second-order valence-corrected chi connectivity index (χ2v) is 6.38. The lowest BCUT2D eigenvalue weighted by Crippen LogP contribution is -2.12. The minimum atomic E-state index is -1.12. The molecule has 166 valence electrons. The Labute approximate surface area is 184 Å². The van der Waals surface area contributed by atoms with Crippen LogP contribution in [0.1, 0.15) is 20.7 Å². The van der Waals surface area contributed by atoms with Crippen LogP contribution in [0.15, 0.2) is 77.0 Å². The maximum absolute atomic E-state index is 12.2. The minimum absolute atomic E-state index is 0.289. The Morgan fingerprint density at radius 2 is 1.58 bits per heavy atom. The highest BCUT2D eigenvalue weighted by atomic mass is 16.7. The number of carbonyl (C=O) groups is 2. The maximum atomic E-state index is 12.2. The number of nitrogens with two attached hydrogens (primary N) is 1. The van der Waals surface area contributed by atoms with Crippen molar-refractivity contribution in [2.24, 2.45) is 10.2 Å². The highest BCUT2D eigenvalue weighted by Gasteiger charge is 2.25. The number of azo groups is 1. The number of non-ortho nitro benzene ring substituents is 1. The Hall–Kier alpha value is -5.20. The number of benzene rings is 3. The zero-order valence-corrected chi connectivity index (χ0v) is 16.6. The molecule has 3 rings (SSSR count). The fourth-order valence-corrected chi connectivity index (χ4v) is 2.50. The van der Waals surface area contributed by atoms with Crippen LogP contribution in [-0.2, 0) is 4.84 Å². The van der Waals surface area contributed by atoms with Crippen molar-refractivity contribution in [2.75, 3.05) is 11.2 Å². The lowest BCUT2D eigenvalue weighted by Gasteiger charge is -2.07. The normalized spacial score (nSPS) is 10.5. The summed E-state index contributed by atoms with van der Waals surface area (Å²) < 4.78 is 0. The summed E-state index contributed by atoms with van der Waals surface area (Å²) in [5.41, 5.74) is 7.56. The third-order valence-corrected chi connectivity index (χ3v) is 4.15. The highest BCUT2D eigenvalue weighted by Crippen LogP contribution is 2.25. The van der Waals surface area contributed by atoms with E-state index in [1.807, 2.05) is 0 Å². The zero-order valence-electron chi connectivity index (χ0n) is 16.6. The second kappa shape index (κ2) is 9.74. The molecule has 0 heterocycles. The number of nitro benzene ring substituents is 2. The Bertz CT molecular complexity index is 1260. The van der Waals surface area contributed by atoms with Gasteiger partial charge in [-0.2, -0.15) is 0 Å². The van der Waals surface area contributed by atoms with Gasteiger partial charge < -0.3 is 10.6 Å². The van der Waals surface area contributed by atoms with Crippen LogP contribution in [0.5, 0.6) is 0 Å². The van der Waals surface area contributed by atoms with E-state index in [1.54, 1.807) is 12.1 Å². The summed E-state index contributed by atoms with van der Waals surface area (Å²) in [6.45, 7) is 0. The van der Waals surface area contributed by atoms with Gasteiger partial charge in [-0.05, 0) is 54.6 Å². The van der Waals surface area contributed by atoms with Crippen LogP contribution in [-0.4, -0.2) is 21.7 Å². The number of amides is 1. The van der Waals surface area contributed by atoms with E-state index in [0.29, 0.717) is 23.0 Å². The van der Waals surface area contributed by atoms with Crippen molar-refractivity contribution in [1.82, 2.24) is 0 Å². The highest BCUT2D eigenvalue weighted by molar-refractivity contribution is 5.95. The number of rotatable bonds is 7. The van der Waals surface area contributed by atoms with Crippen LogP contribution < -0.4 is 11.2 Å². The van der Waals surface area contributed by atoms with Gasteiger partial charge in [0.1, 0.15) is 5.56 Å². The van der Waals surface area contributed by atoms with Crippen LogP contribution in [0, 0.1) is 20.2 Å². The molecule has 3 N–H and O–H groups in total. The van der Waals surface area contributed by atoms with Gasteiger partial charge in [0.2, 0.25) is 0 Å². The number of nitrogens with zero attached hydrogens (tertiary/aromatic N) is 4. The van der Waals surface area contributed by atoms with Crippen molar-refractivity contribution in [3.8, 4) is 0 Å². The quantitative estimate of drug-likeness (QED) is 0.230. The van der Waals surface area contributed by atoms with Gasteiger partial charge in [0, 0.05) is 17.3 Å². The van der Waals surface area contributed by atoms with E-state index in [-0.39, 0.29) is 5.69 Å². The molecule has 0 saturated heterocycles. The zero-order chi connectivity index (χ0) is 24.0. The van der Waals surface area contributed by atoms with Crippen LogP contribution in [0.3, 0.4) is 0 Å². The van der Waals surface area contributed by atoms with Gasteiger partial charge in [0.05, 0.1) is 27.3 Å². The molecule has 0 fully saturated rings. The minimum Gasteiger partial charge on any atom is -0.399 e. The third kappa shape index (κ3) is 5.69. The summed E-state index contributed by atoms with van der Waals surface area (Å²) >= 11 is 0. The SMILES string of the molecule is Nc1ccc(C(=O)N=Nc2ccc(NOC(=O)c3ccc([N+](=O)[O-])cc3[N+](=O)[O-])cc2)cc1. The molecule has 0 unspecified atom stereocenters. The van der Waals surface area contributed by atoms with Crippen molar-refractivity contribution < 1.29 is 24.3 Å². The first kappa shape index (κ1) is 22.5. The molecule has 3 aromatic rings. The Morgan fingerprint density at radius 1 is 0.909 bits per heavy atom. The lowest BCUT2D eigenvalue weighted by molar-refractivity contribution is -0.394. The van der Waals surface area contributed by atoms with Gasteiger partial charge in [-0.1, -0.05) is 0 Å². The largest absolute Gasteiger partial charge is 0.399 e. The maximum Gasteiger partial charge on any atom is 0.369 e. The topological polar surface area (TPSA) is 192 Å². The summed E-state index contributed by atoms with van der Waals surface area (Å²) in [5, 5.41) is 29.3. The predicted octanol–water partition coefficient (Wildman–Crippen LogP) is 4.19. The van der Waals surface area contributed by atoms with Crippen molar-refractivity contribution in [3.63, 3.8) is 0 Å². The molecule has 0 saturated carbocycles. The third-order valence-electron chi connectivity index (χ3n) is 4.15. The number of hydrogen-bond donors (Lipinski definition) is 2. The van der Waals surface area contributed by atoms with Gasteiger partial charge in [-0.15, -0.1) is 10.2 Å². The molecule has 0 aromatic heterocycles. The molecule has 0 bridgehead atoms. The molecule has 33 heavy (non-hydrogen) atoms. The number of hydrogen-bond acceptors (Lipinski definition) is 10. The van der Waals surface area contributed by atoms with E-state index in [9.17, 15) is 29.8 Å². The molecule has 3 aromatic carbocycles. The van der Waals surface area contributed by atoms with Crippen molar-refractivity contribution in [3.05, 3.63) is 98.1 Å². The average Bonchev–Trinajstić information content (AvgIpc) is 2.81. The first-order valence-electron chi connectivity index (χ1n) is 9.06. The molecule has 0 spiro atoms. The van der Waals surface area contributed by atoms with E-state index < -0.39 is 38.7 Å². The van der Waals surface area contributed by atoms with E-state index in [0.717, 1.165) is 12.1 Å². The van der Waals surface area contributed by atoms with E-state index >= 15 is 0 Å². The summed E-state index contributed by atoms with van der Waals surface area (Å²) in [5.74, 6) is -1.68. The molecular formula is C20H14N6O7. The van der Waals surface area contributed by atoms with Crippen LogP contribution >= 0.6 is 0 Å². The molecular weight excluding hydrogens is 436 g/mol. The first-order chi connectivity index (χ1) is 15.7. The lowest BCUT2D eigenvalue weighted by atomic mass is 10.1. The van der Waals surface area contributed by atoms with Gasteiger partial charge in [-0.3, -0.25) is 25.0 Å². The van der Waals surface area contributed by atoms with Gasteiger partial charge in [0.25, 0.3) is 17.3 Å². The Kier molecular flexibility index (Phi) is 6.64.